The van der Waals surface area contributed by atoms with E-state index in [0.717, 1.165) is 13.0 Å². The van der Waals surface area contributed by atoms with Crippen molar-refractivity contribution in [2.24, 2.45) is 5.92 Å². The lowest BCUT2D eigenvalue weighted by atomic mass is 10.1. The van der Waals surface area contributed by atoms with Gasteiger partial charge in [0.1, 0.15) is 0 Å². The third kappa shape index (κ3) is 3.86. The summed E-state index contributed by atoms with van der Waals surface area (Å²) in [6, 6.07) is 10.4. The zero-order chi connectivity index (χ0) is 18.0. The van der Waals surface area contributed by atoms with Gasteiger partial charge in [0.15, 0.2) is 0 Å². The molecular formula is C20H27N3O2. The second-order valence-corrected chi connectivity index (χ2v) is 7.79. The number of nitrogens with one attached hydrogen (secondary N) is 1. The number of carbonyl (C=O) groups is 2. The lowest BCUT2D eigenvalue weighted by Gasteiger charge is -2.31. The summed E-state index contributed by atoms with van der Waals surface area (Å²) < 4.78 is 2.21. The smallest absolute Gasteiger partial charge is 0.225 e. The average Bonchev–Trinajstić information content (AvgIpc) is 3.15. The first-order valence-electron chi connectivity index (χ1n) is 8.98. The van der Waals surface area contributed by atoms with Gasteiger partial charge in [-0.2, -0.15) is 0 Å². The first kappa shape index (κ1) is 17.5. The molecule has 0 aliphatic carbocycles. The normalized spacial score (nSPS) is 18.1. The average molecular weight is 341 g/mol. The van der Waals surface area contributed by atoms with E-state index in [2.05, 4.69) is 34.3 Å². The van der Waals surface area contributed by atoms with Crippen molar-refractivity contribution in [3.63, 3.8) is 0 Å². The summed E-state index contributed by atoms with van der Waals surface area (Å²) >= 11 is 0. The second-order valence-electron chi connectivity index (χ2n) is 7.79. The number of rotatable bonds is 5. The van der Waals surface area contributed by atoms with Crippen LogP contribution in [0.1, 0.15) is 33.6 Å². The highest BCUT2D eigenvalue weighted by atomic mass is 16.2. The van der Waals surface area contributed by atoms with Crippen LogP contribution >= 0.6 is 0 Å². The molecule has 1 aliphatic heterocycles. The number of benzene rings is 1. The fourth-order valence-electron chi connectivity index (χ4n) is 3.47. The maximum atomic E-state index is 12.3. The molecule has 5 heteroatoms. The molecule has 1 aromatic carbocycles. The molecule has 1 fully saturated rings. The van der Waals surface area contributed by atoms with Gasteiger partial charge in [-0.25, -0.2) is 0 Å². The number of likely N-dealkylation sites (tertiary alicyclic amines) is 1. The van der Waals surface area contributed by atoms with Gasteiger partial charge >= 0.3 is 0 Å². The molecule has 1 saturated heterocycles. The Morgan fingerprint density at radius 1 is 1.24 bits per heavy atom. The number of aryl methyl sites for hydroxylation is 1. The molecule has 1 aliphatic rings. The quantitative estimate of drug-likeness (QED) is 0.850. The van der Waals surface area contributed by atoms with E-state index in [0.29, 0.717) is 19.5 Å². The Labute approximate surface area is 149 Å². The fourth-order valence-corrected chi connectivity index (χ4v) is 3.47. The number of hydrogen-bond donors (Lipinski definition) is 1. The van der Waals surface area contributed by atoms with Gasteiger partial charge in [-0.1, -0.05) is 18.2 Å². The maximum Gasteiger partial charge on any atom is 0.225 e. The lowest BCUT2D eigenvalue weighted by molar-refractivity contribution is -0.132. The van der Waals surface area contributed by atoms with Crippen molar-refractivity contribution in [2.75, 3.05) is 13.1 Å². The Bertz CT molecular complexity index is 773. The Morgan fingerprint density at radius 2 is 2.00 bits per heavy atom. The Balaban J connectivity index is 1.46. The van der Waals surface area contributed by atoms with E-state index in [1.54, 1.807) is 0 Å². The predicted octanol–water partition coefficient (Wildman–Crippen LogP) is 2.79. The van der Waals surface area contributed by atoms with E-state index in [-0.39, 0.29) is 23.3 Å². The first-order chi connectivity index (χ1) is 11.9. The molecule has 0 saturated carbocycles. The van der Waals surface area contributed by atoms with Crippen molar-refractivity contribution < 1.29 is 9.59 Å². The highest BCUT2D eigenvalue weighted by molar-refractivity contribution is 5.89. The van der Waals surface area contributed by atoms with Crippen molar-refractivity contribution in [3.8, 4) is 0 Å². The van der Waals surface area contributed by atoms with E-state index in [4.69, 9.17) is 0 Å². The number of amides is 2. The van der Waals surface area contributed by atoms with Crippen molar-refractivity contribution in [3.05, 3.63) is 36.5 Å². The molecule has 1 aromatic heterocycles. The Hall–Kier alpha value is -2.30. The lowest BCUT2D eigenvalue weighted by Crippen LogP contribution is -2.43. The highest BCUT2D eigenvalue weighted by Crippen LogP contribution is 2.25. The van der Waals surface area contributed by atoms with Gasteiger partial charge in [-0.3, -0.25) is 9.59 Å². The minimum Gasteiger partial charge on any atom is -0.356 e. The summed E-state index contributed by atoms with van der Waals surface area (Å²) in [6.07, 6.45) is 3.28. The van der Waals surface area contributed by atoms with Crippen LogP contribution in [0, 0.1) is 5.92 Å². The van der Waals surface area contributed by atoms with Crippen molar-refractivity contribution in [1.29, 1.82) is 0 Å². The van der Waals surface area contributed by atoms with E-state index < -0.39 is 0 Å². The van der Waals surface area contributed by atoms with Gasteiger partial charge in [0.05, 0.1) is 5.92 Å². The van der Waals surface area contributed by atoms with Crippen LogP contribution in [-0.4, -0.2) is 39.9 Å². The standard InChI is InChI=1S/C20H27N3O2/c1-20(2,3)23-14-16(13-18(23)24)19(25)21-10-6-11-22-12-9-15-7-4-5-8-17(15)22/h4-5,7-9,12,16H,6,10-11,13-14H2,1-3H3,(H,21,25). The molecule has 2 aromatic rings. The van der Waals surface area contributed by atoms with Crippen LogP contribution in [0.4, 0.5) is 0 Å². The summed E-state index contributed by atoms with van der Waals surface area (Å²) in [4.78, 5) is 26.2. The maximum absolute atomic E-state index is 12.3. The molecule has 0 spiro atoms. The van der Waals surface area contributed by atoms with Gasteiger partial charge in [-0.05, 0) is 44.7 Å². The van der Waals surface area contributed by atoms with Crippen molar-refractivity contribution >= 4 is 22.7 Å². The molecule has 1 atom stereocenters. The van der Waals surface area contributed by atoms with Gasteiger partial charge in [0.25, 0.3) is 0 Å². The van der Waals surface area contributed by atoms with E-state index in [9.17, 15) is 9.59 Å². The van der Waals surface area contributed by atoms with Crippen molar-refractivity contribution in [1.82, 2.24) is 14.8 Å². The van der Waals surface area contributed by atoms with E-state index >= 15 is 0 Å². The number of nitrogens with zero attached hydrogens (tertiary/aromatic N) is 2. The molecule has 2 heterocycles. The zero-order valence-corrected chi connectivity index (χ0v) is 15.3. The number of fused-ring (bicyclic) bond motifs is 1. The van der Waals surface area contributed by atoms with Crippen LogP contribution in [0.25, 0.3) is 10.9 Å². The van der Waals surface area contributed by atoms with E-state index in [1.807, 2.05) is 37.8 Å². The number of aromatic nitrogens is 1. The van der Waals surface area contributed by atoms with Crippen LogP contribution in [0.2, 0.25) is 0 Å². The topological polar surface area (TPSA) is 54.3 Å². The molecule has 0 radical (unpaired) electrons. The largest absolute Gasteiger partial charge is 0.356 e. The number of carbonyl (C=O) groups excluding carboxylic acids is 2. The molecular weight excluding hydrogens is 314 g/mol. The minimum absolute atomic E-state index is 0.00235. The number of para-hydroxylation sites is 1. The Kier molecular flexibility index (Phi) is 4.84. The van der Waals surface area contributed by atoms with E-state index in [1.165, 1.54) is 10.9 Å². The third-order valence-corrected chi connectivity index (χ3v) is 4.86. The second kappa shape index (κ2) is 6.90. The fraction of sp³-hybridized carbons (Fsp3) is 0.500. The van der Waals surface area contributed by atoms with Gasteiger partial charge in [0.2, 0.25) is 11.8 Å². The monoisotopic (exact) mass is 341 g/mol. The summed E-state index contributed by atoms with van der Waals surface area (Å²) in [6.45, 7) is 8.04. The summed E-state index contributed by atoms with van der Waals surface area (Å²) in [5, 5.41) is 4.23. The van der Waals surface area contributed by atoms with Gasteiger partial charge in [-0.15, -0.1) is 0 Å². The minimum atomic E-state index is -0.223. The predicted molar refractivity (Wildman–Crippen MR) is 99.1 cm³/mol. The SMILES string of the molecule is CC(C)(C)N1CC(C(=O)NCCCn2ccc3ccccc32)CC1=O. The van der Waals surface area contributed by atoms with Crippen LogP contribution in [0.5, 0.6) is 0 Å². The number of hydrogen-bond acceptors (Lipinski definition) is 2. The summed E-state index contributed by atoms with van der Waals surface area (Å²) in [7, 11) is 0. The molecule has 25 heavy (non-hydrogen) atoms. The highest BCUT2D eigenvalue weighted by Gasteiger charge is 2.39. The molecule has 5 nitrogen and oxygen atoms in total. The van der Waals surface area contributed by atoms with Gasteiger partial charge in [0, 0.05) is 43.3 Å². The van der Waals surface area contributed by atoms with Crippen LogP contribution in [0.3, 0.4) is 0 Å². The Morgan fingerprint density at radius 3 is 2.72 bits per heavy atom. The molecule has 134 valence electrons. The van der Waals surface area contributed by atoms with Gasteiger partial charge < -0.3 is 14.8 Å². The molecule has 0 bridgehead atoms. The zero-order valence-electron chi connectivity index (χ0n) is 15.3. The third-order valence-electron chi connectivity index (χ3n) is 4.86. The molecule has 2 amide bonds. The summed E-state index contributed by atoms with van der Waals surface area (Å²) in [5.74, 6) is -0.150. The summed E-state index contributed by atoms with van der Waals surface area (Å²) in [5.41, 5.74) is 0.998. The molecule has 1 N–H and O–H groups in total. The molecule has 3 rings (SSSR count). The van der Waals surface area contributed by atoms with Crippen LogP contribution < -0.4 is 5.32 Å². The van der Waals surface area contributed by atoms with Crippen LogP contribution in [-0.2, 0) is 16.1 Å². The van der Waals surface area contributed by atoms with Crippen molar-refractivity contribution in [2.45, 2.75) is 45.7 Å². The van der Waals surface area contributed by atoms with Crippen LogP contribution in [0.15, 0.2) is 36.5 Å². The first-order valence-corrected chi connectivity index (χ1v) is 8.98. The molecule has 1 unspecified atom stereocenters.